The van der Waals surface area contributed by atoms with Crippen molar-refractivity contribution < 1.29 is 14.6 Å². The van der Waals surface area contributed by atoms with Crippen molar-refractivity contribution in [3.05, 3.63) is 11.6 Å². The second-order valence-corrected chi connectivity index (χ2v) is 7.66. The van der Waals surface area contributed by atoms with Crippen LogP contribution >= 0.6 is 0 Å². The summed E-state index contributed by atoms with van der Waals surface area (Å²) in [6, 6.07) is 0. The van der Waals surface area contributed by atoms with Gasteiger partial charge in [-0.05, 0) is 56.4 Å². The van der Waals surface area contributed by atoms with Gasteiger partial charge in [0.25, 0.3) is 5.91 Å². The molecule has 4 heteroatoms. The van der Waals surface area contributed by atoms with E-state index in [0.29, 0.717) is 5.92 Å². The van der Waals surface area contributed by atoms with Gasteiger partial charge in [0.15, 0.2) is 6.10 Å². The van der Waals surface area contributed by atoms with Crippen LogP contribution in [0.3, 0.4) is 0 Å². The van der Waals surface area contributed by atoms with Crippen LogP contribution in [-0.4, -0.2) is 29.4 Å². The van der Waals surface area contributed by atoms with Gasteiger partial charge in [-0.25, -0.2) is 0 Å². The molecule has 4 nitrogen and oxygen atoms in total. The third kappa shape index (κ3) is 2.77. The Bertz CT molecular complexity index is 420. The number of aliphatic hydroxyl groups excluding tert-OH is 1. The molecule has 2 bridgehead atoms. The highest BCUT2D eigenvalue weighted by Crippen LogP contribution is 2.59. The smallest absolute Gasteiger partial charge is 0.253 e. The molecule has 3 rings (SSSR count). The number of carbonyl (C=O) groups is 1. The average molecular weight is 281 g/mol. The minimum atomic E-state index is -0.662. The quantitative estimate of drug-likeness (QED) is 0.613. The van der Waals surface area contributed by atoms with Crippen molar-refractivity contribution >= 4 is 5.91 Å². The predicted molar refractivity (Wildman–Crippen MR) is 77.9 cm³/mol. The molecule has 0 aromatic carbocycles. The van der Waals surface area contributed by atoms with Gasteiger partial charge in [0.05, 0.1) is 0 Å². The summed E-state index contributed by atoms with van der Waals surface area (Å²) in [5.74, 6) is 0.958. The van der Waals surface area contributed by atoms with Crippen LogP contribution in [0.25, 0.3) is 0 Å². The molecule has 114 valence electrons. The predicted octanol–water partition coefficient (Wildman–Crippen LogP) is 2.23. The van der Waals surface area contributed by atoms with Crippen LogP contribution < -0.4 is 5.32 Å². The molecule has 1 saturated carbocycles. The number of nitrogens with one attached hydrogen (secondary N) is 1. The van der Waals surface area contributed by atoms with Crippen LogP contribution in [0.5, 0.6) is 0 Å². The van der Waals surface area contributed by atoms with E-state index < -0.39 is 12.9 Å². The highest BCUT2D eigenvalue weighted by molar-refractivity contribution is 5.84. The van der Waals surface area contributed by atoms with Crippen molar-refractivity contribution in [3.8, 4) is 0 Å². The van der Waals surface area contributed by atoms with Gasteiger partial charge in [0, 0.05) is 5.54 Å². The molecule has 3 aliphatic rings. The maximum absolute atomic E-state index is 12.4. The second kappa shape index (κ2) is 5.15. The molecule has 1 fully saturated rings. The van der Waals surface area contributed by atoms with Crippen molar-refractivity contribution in [2.75, 3.05) is 6.79 Å². The lowest BCUT2D eigenvalue weighted by molar-refractivity contribution is -0.140. The molecule has 1 amide bonds. The number of rotatable bonds is 4. The Morgan fingerprint density at radius 2 is 2.20 bits per heavy atom. The first kappa shape index (κ1) is 15.5. The first-order valence-corrected chi connectivity index (χ1v) is 7.41. The number of ether oxygens (including phenoxy) is 1. The zero-order valence-corrected chi connectivity index (χ0v) is 13.2. The van der Waals surface area contributed by atoms with Gasteiger partial charge in [-0.15, -0.1) is 0 Å². The van der Waals surface area contributed by atoms with Crippen molar-refractivity contribution in [2.24, 2.45) is 17.3 Å². The molecule has 3 atom stereocenters. The molecule has 0 aromatic rings. The Balaban J connectivity index is 2.17. The fourth-order valence-corrected chi connectivity index (χ4v) is 3.52. The monoisotopic (exact) mass is 281 g/mol. The summed E-state index contributed by atoms with van der Waals surface area (Å²) in [6.07, 6.45) is 3.62. The number of hydrogen-bond acceptors (Lipinski definition) is 3. The topological polar surface area (TPSA) is 58.6 Å². The molecule has 0 aliphatic heterocycles. The summed E-state index contributed by atoms with van der Waals surface area (Å²) in [6.45, 7) is 9.92. The van der Waals surface area contributed by atoms with E-state index in [1.165, 1.54) is 0 Å². The first-order valence-electron chi connectivity index (χ1n) is 7.41. The normalized spacial score (nSPS) is 29.2. The standard InChI is InChI=1S/C16H27NO3/c1-15(2,3)17-14(19)13(20-9-18)11-7-6-10-8-12(11)16(10,4)5/h7,10,12-13,18H,6,8-9H2,1-5H3,(H,17,19). The van der Waals surface area contributed by atoms with Gasteiger partial charge in [0.2, 0.25) is 0 Å². The molecular formula is C16H27NO3. The average Bonchev–Trinajstić information content (AvgIpc) is 2.33. The molecule has 0 saturated heterocycles. The van der Waals surface area contributed by atoms with Gasteiger partial charge in [-0.2, -0.15) is 0 Å². The summed E-state index contributed by atoms with van der Waals surface area (Å²) < 4.78 is 5.35. The zero-order valence-electron chi connectivity index (χ0n) is 13.2. The first-order chi connectivity index (χ1) is 9.16. The van der Waals surface area contributed by atoms with Crippen LogP contribution in [0.4, 0.5) is 0 Å². The number of fused-ring (bicyclic) bond motifs is 1. The second-order valence-electron chi connectivity index (χ2n) is 7.66. The van der Waals surface area contributed by atoms with Crippen LogP contribution in [0.15, 0.2) is 11.6 Å². The van der Waals surface area contributed by atoms with E-state index in [0.717, 1.165) is 24.3 Å². The van der Waals surface area contributed by atoms with E-state index >= 15 is 0 Å². The molecule has 0 heterocycles. The Morgan fingerprint density at radius 3 is 2.65 bits per heavy atom. The van der Waals surface area contributed by atoms with E-state index in [2.05, 4.69) is 25.2 Å². The van der Waals surface area contributed by atoms with E-state index in [4.69, 9.17) is 9.84 Å². The van der Waals surface area contributed by atoms with Crippen molar-refractivity contribution in [2.45, 2.75) is 59.1 Å². The Hall–Kier alpha value is -0.870. The lowest BCUT2D eigenvalue weighted by Gasteiger charge is -2.57. The number of hydrogen-bond donors (Lipinski definition) is 2. The summed E-state index contributed by atoms with van der Waals surface area (Å²) in [7, 11) is 0. The minimum Gasteiger partial charge on any atom is -0.371 e. The fourth-order valence-electron chi connectivity index (χ4n) is 3.52. The number of carbonyl (C=O) groups excluding carboxylic acids is 1. The minimum absolute atomic E-state index is 0.154. The Morgan fingerprint density at radius 1 is 1.55 bits per heavy atom. The van der Waals surface area contributed by atoms with Crippen LogP contribution in [0, 0.1) is 17.3 Å². The van der Waals surface area contributed by atoms with E-state index in [9.17, 15) is 4.79 Å². The SMILES string of the molecule is CC(C)(C)NC(=O)C(OCO)C1=CCC2CC1C2(C)C. The van der Waals surface area contributed by atoms with Crippen molar-refractivity contribution in [1.82, 2.24) is 5.32 Å². The number of allylic oxidation sites excluding steroid dienone is 1. The van der Waals surface area contributed by atoms with E-state index in [-0.39, 0.29) is 16.9 Å². The van der Waals surface area contributed by atoms with Crippen LogP contribution in [0.1, 0.15) is 47.5 Å². The summed E-state index contributed by atoms with van der Waals surface area (Å²) in [5.41, 5.74) is 0.984. The molecule has 3 unspecified atom stereocenters. The van der Waals surface area contributed by atoms with Gasteiger partial charge in [-0.3, -0.25) is 4.79 Å². The molecule has 0 aromatic heterocycles. The van der Waals surface area contributed by atoms with Crippen molar-refractivity contribution in [3.63, 3.8) is 0 Å². The van der Waals surface area contributed by atoms with Gasteiger partial charge in [0.1, 0.15) is 6.79 Å². The molecule has 0 radical (unpaired) electrons. The summed E-state index contributed by atoms with van der Waals surface area (Å²) in [4.78, 5) is 12.4. The highest BCUT2D eigenvalue weighted by Gasteiger charge is 2.53. The molecule has 20 heavy (non-hydrogen) atoms. The van der Waals surface area contributed by atoms with Crippen LogP contribution in [-0.2, 0) is 9.53 Å². The van der Waals surface area contributed by atoms with E-state index in [1.807, 2.05) is 20.8 Å². The van der Waals surface area contributed by atoms with Gasteiger partial charge < -0.3 is 15.2 Å². The summed E-state index contributed by atoms with van der Waals surface area (Å²) >= 11 is 0. The van der Waals surface area contributed by atoms with Gasteiger partial charge in [-0.1, -0.05) is 19.9 Å². The maximum atomic E-state index is 12.4. The molecular weight excluding hydrogens is 254 g/mol. The maximum Gasteiger partial charge on any atom is 0.253 e. The summed E-state index contributed by atoms with van der Waals surface area (Å²) in [5, 5.41) is 12.1. The molecule has 0 spiro atoms. The highest BCUT2D eigenvalue weighted by atomic mass is 16.6. The molecule has 2 N–H and O–H groups in total. The number of aliphatic hydroxyl groups is 1. The fraction of sp³-hybridized carbons (Fsp3) is 0.812. The van der Waals surface area contributed by atoms with Crippen LogP contribution in [0.2, 0.25) is 0 Å². The zero-order chi connectivity index (χ0) is 15.1. The molecule has 3 aliphatic carbocycles. The lowest BCUT2D eigenvalue weighted by atomic mass is 9.48. The third-order valence-electron chi connectivity index (χ3n) is 4.79. The van der Waals surface area contributed by atoms with Gasteiger partial charge >= 0.3 is 0 Å². The third-order valence-corrected chi connectivity index (χ3v) is 4.79. The largest absolute Gasteiger partial charge is 0.371 e. The Labute approximate surface area is 121 Å². The Kier molecular flexibility index (Phi) is 4.00. The number of amides is 1. The van der Waals surface area contributed by atoms with Crippen molar-refractivity contribution in [1.29, 1.82) is 0 Å². The lowest BCUT2D eigenvalue weighted by Crippen LogP contribution is -2.54. The van der Waals surface area contributed by atoms with E-state index in [1.54, 1.807) is 0 Å².